The van der Waals surface area contributed by atoms with Crippen molar-refractivity contribution in [3.8, 4) is 0 Å². The van der Waals surface area contributed by atoms with Gasteiger partial charge in [0.25, 0.3) is 0 Å². The lowest BCUT2D eigenvalue weighted by Gasteiger charge is -2.11. The van der Waals surface area contributed by atoms with E-state index >= 15 is 0 Å². The maximum atomic E-state index is 11.8. The van der Waals surface area contributed by atoms with Crippen LogP contribution in [0.15, 0.2) is 30.3 Å². The predicted octanol–water partition coefficient (Wildman–Crippen LogP) is 2.68. The Kier molecular flexibility index (Phi) is 7.01. The van der Waals surface area contributed by atoms with Gasteiger partial charge in [-0.05, 0) is 19.9 Å². The van der Waals surface area contributed by atoms with E-state index in [-0.39, 0.29) is 24.2 Å². The molecule has 0 radical (unpaired) electrons. The zero-order chi connectivity index (χ0) is 10.4. The molecule has 0 heterocycles. The zero-order valence-corrected chi connectivity index (χ0v) is 10.0. The molecular formula is C12H18ClNO. The van der Waals surface area contributed by atoms with Crippen LogP contribution in [0.3, 0.4) is 0 Å². The highest BCUT2D eigenvalue weighted by Crippen LogP contribution is 2.02. The Morgan fingerprint density at radius 3 is 2.47 bits per heavy atom. The molecule has 0 fully saturated rings. The lowest BCUT2D eigenvalue weighted by Crippen LogP contribution is -2.34. The highest BCUT2D eigenvalue weighted by Gasteiger charge is 2.12. The normalized spacial score (nSPS) is 11.6. The molecule has 1 rings (SSSR count). The summed E-state index contributed by atoms with van der Waals surface area (Å²) in [5, 5.41) is 3.18. The summed E-state index contributed by atoms with van der Waals surface area (Å²) in [5.74, 6) is 0.166. The average Bonchev–Trinajstić information content (AvgIpc) is 2.26. The maximum Gasteiger partial charge on any atom is 0.179 e. The minimum atomic E-state index is -0.0858. The molecule has 0 spiro atoms. The second-order valence-electron chi connectivity index (χ2n) is 3.41. The van der Waals surface area contributed by atoms with E-state index in [1.165, 1.54) is 0 Å². The van der Waals surface area contributed by atoms with Crippen LogP contribution in [-0.2, 0) is 0 Å². The molecule has 0 saturated heterocycles. The highest BCUT2D eigenvalue weighted by molar-refractivity contribution is 5.99. The molecule has 0 aliphatic rings. The number of carbonyl (C=O) groups excluding carboxylic acids is 1. The van der Waals surface area contributed by atoms with Gasteiger partial charge in [-0.2, -0.15) is 0 Å². The Labute approximate surface area is 97.5 Å². The Morgan fingerprint density at radius 2 is 1.93 bits per heavy atom. The maximum absolute atomic E-state index is 11.8. The Balaban J connectivity index is 0.00000196. The molecule has 0 aromatic heterocycles. The van der Waals surface area contributed by atoms with Crippen molar-refractivity contribution in [3.05, 3.63) is 35.9 Å². The van der Waals surface area contributed by atoms with Crippen molar-refractivity contribution in [2.45, 2.75) is 26.3 Å². The second-order valence-corrected chi connectivity index (χ2v) is 3.41. The van der Waals surface area contributed by atoms with Crippen LogP contribution in [0.5, 0.6) is 0 Å². The van der Waals surface area contributed by atoms with Crippen molar-refractivity contribution in [1.82, 2.24) is 5.32 Å². The smallest absolute Gasteiger partial charge is 0.179 e. The summed E-state index contributed by atoms with van der Waals surface area (Å²) in [4.78, 5) is 11.8. The molecule has 84 valence electrons. The summed E-state index contributed by atoms with van der Waals surface area (Å²) in [6.07, 6.45) is 1.05. The summed E-state index contributed by atoms with van der Waals surface area (Å²) in [7, 11) is 0. The van der Waals surface area contributed by atoms with Crippen LogP contribution in [0.2, 0.25) is 0 Å². The van der Waals surface area contributed by atoms with Gasteiger partial charge in [0.2, 0.25) is 0 Å². The summed E-state index contributed by atoms with van der Waals surface area (Å²) in [6.45, 7) is 4.89. The fourth-order valence-electron chi connectivity index (χ4n) is 1.31. The van der Waals surface area contributed by atoms with Gasteiger partial charge >= 0.3 is 0 Å². The molecule has 0 aliphatic heterocycles. The monoisotopic (exact) mass is 227 g/mol. The molecule has 2 nitrogen and oxygen atoms in total. The van der Waals surface area contributed by atoms with E-state index in [1.807, 2.05) is 37.3 Å². The van der Waals surface area contributed by atoms with Crippen molar-refractivity contribution in [1.29, 1.82) is 0 Å². The van der Waals surface area contributed by atoms with E-state index in [0.29, 0.717) is 0 Å². The quantitative estimate of drug-likeness (QED) is 0.784. The SMILES string of the molecule is CCCNC(C)C(=O)c1ccccc1.Cl. The standard InChI is InChI=1S/C12H17NO.ClH/c1-3-9-13-10(2)12(14)11-7-5-4-6-8-11;/h4-8,10,13H,3,9H2,1-2H3;1H. The third-order valence-electron chi connectivity index (χ3n) is 2.15. The molecule has 0 bridgehead atoms. The number of Topliss-reactive ketones (excluding diaryl/α,β-unsaturated/α-hetero) is 1. The van der Waals surface area contributed by atoms with E-state index < -0.39 is 0 Å². The number of nitrogens with one attached hydrogen (secondary N) is 1. The molecule has 0 amide bonds. The van der Waals surface area contributed by atoms with E-state index in [2.05, 4.69) is 12.2 Å². The molecular weight excluding hydrogens is 210 g/mol. The lowest BCUT2D eigenvalue weighted by atomic mass is 10.1. The summed E-state index contributed by atoms with van der Waals surface area (Å²) in [5.41, 5.74) is 0.781. The molecule has 3 heteroatoms. The minimum Gasteiger partial charge on any atom is -0.307 e. The van der Waals surface area contributed by atoms with Crippen LogP contribution in [0.4, 0.5) is 0 Å². The van der Waals surface area contributed by atoms with Gasteiger partial charge in [0.05, 0.1) is 6.04 Å². The fraction of sp³-hybridized carbons (Fsp3) is 0.417. The largest absolute Gasteiger partial charge is 0.307 e. The van der Waals surface area contributed by atoms with Crippen LogP contribution in [0, 0.1) is 0 Å². The molecule has 0 saturated carbocycles. The van der Waals surface area contributed by atoms with Gasteiger partial charge in [-0.1, -0.05) is 37.3 Å². The van der Waals surface area contributed by atoms with Gasteiger partial charge in [0.1, 0.15) is 0 Å². The molecule has 1 aromatic rings. The fourth-order valence-corrected chi connectivity index (χ4v) is 1.31. The summed E-state index contributed by atoms with van der Waals surface area (Å²) < 4.78 is 0. The first-order chi connectivity index (χ1) is 6.75. The number of rotatable bonds is 5. The first-order valence-corrected chi connectivity index (χ1v) is 5.08. The van der Waals surface area contributed by atoms with Crippen LogP contribution < -0.4 is 5.32 Å². The molecule has 15 heavy (non-hydrogen) atoms. The first kappa shape index (κ1) is 14.1. The van der Waals surface area contributed by atoms with Crippen LogP contribution >= 0.6 is 12.4 Å². The van der Waals surface area contributed by atoms with Crippen LogP contribution in [0.25, 0.3) is 0 Å². The molecule has 1 unspecified atom stereocenters. The Bertz CT molecular complexity index is 287. The lowest BCUT2D eigenvalue weighted by molar-refractivity contribution is 0.0951. The van der Waals surface area contributed by atoms with Gasteiger partial charge in [-0.3, -0.25) is 4.79 Å². The Hall–Kier alpha value is -0.860. The van der Waals surface area contributed by atoms with Crippen molar-refractivity contribution >= 4 is 18.2 Å². The minimum absolute atomic E-state index is 0. The Morgan fingerprint density at radius 1 is 1.33 bits per heavy atom. The number of hydrogen-bond acceptors (Lipinski definition) is 2. The molecule has 1 aromatic carbocycles. The van der Waals surface area contributed by atoms with E-state index in [9.17, 15) is 4.79 Å². The van der Waals surface area contributed by atoms with Crippen molar-refractivity contribution in [3.63, 3.8) is 0 Å². The third kappa shape index (κ3) is 4.45. The van der Waals surface area contributed by atoms with Crippen molar-refractivity contribution < 1.29 is 4.79 Å². The average molecular weight is 228 g/mol. The number of carbonyl (C=O) groups is 1. The van der Waals surface area contributed by atoms with Gasteiger partial charge in [0.15, 0.2) is 5.78 Å². The van der Waals surface area contributed by atoms with Crippen LogP contribution in [0.1, 0.15) is 30.6 Å². The second kappa shape index (κ2) is 7.43. The zero-order valence-electron chi connectivity index (χ0n) is 9.19. The third-order valence-corrected chi connectivity index (χ3v) is 2.15. The topological polar surface area (TPSA) is 29.1 Å². The number of halogens is 1. The highest BCUT2D eigenvalue weighted by atomic mass is 35.5. The number of ketones is 1. The van der Waals surface area contributed by atoms with E-state index in [1.54, 1.807) is 0 Å². The van der Waals surface area contributed by atoms with E-state index in [0.717, 1.165) is 18.5 Å². The number of benzene rings is 1. The molecule has 0 aliphatic carbocycles. The van der Waals surface area contributed by atoms with E-state index in [4.69, 9.17) is 0 Å². The van der Waals surface area contributed by atoms with Crippen LogP contribution in [-0.4, -0.2) is 18.4 Å². The summed E-state index contributed by atoms with van der Waals surface area (Å²) in [6, 6.07) is 9.32. The predicted molar refractivity (Wildman–Crippen MR) is 65.8 cm³/mol. The summed E-state index contributed by atoms with van der Waals surface area (Å²) >= 11 is 0. The van der Waals surface area contributed by atoms with Crippen molar-refractivity contribution in [2.24, 2.45) is 0 Å². The van der Waals surface area contributed by atoms with Crippen molar-refractivity contribution in [2.75, 3.05) is 6.54 Å². The van der Waals surface area contributed by atoms with Gasteiger partial charge in [0, 0.05) is 5.56 Å². The molecule has 1 N–H and O–H groups in total. The number of hydrogen-bond donors (Lipinski definition) is 1. The first-order valence-electron chi connectivity index (χ1n) is 5.08. The molecule has 1 atom stereocenters. The van der Waals surface area contributed by atoms with Gasteiger partial charge < -0.3 is 5.32 Å². The van der Waals surface area contributed by atoms with Gasteiger partial charge in [-0.25, -0.2) is 0 Å². The van der Waals surface area contributed by atoms with Gasteiger partial charge in [-0.15, -0.1) is 12.4 Å².